The highest BCUT2D eigenvalue weighted by atomic mass is 16.2. The van der Waals surface area contributed by atoms with Crippen LogP contribution in [0.25, 0.3) is 0 Å². The van der Waals surface area contributed by atoms with Crippen molar-refractivity contribution in [3.8, 4) is 0 Å². The highest BCUT2D eigenvalue weighted by Crippen LogP contribution is 2.23. The van der Waals surface area contributed by atoms with Gasteiger partial charge in [-0.25, -0.2) is 4.98 Å². The molecule has 5 nitrogen and oxygen atoms in total. The van der Waals surface area contributed by atoms with E-state index in [4.69, 9.17) is 0 Å². The zero-order valence-corrected chi connectivity index (χ0v) is 11.4. The average molecular weight is 249 g/mol. The van der Waals surface area contributed by atoms with Gasteiger partial charge in [0, 0.05) is 18.5 Å². The first-order valence-corrected chi connectivity index (χ1v) is 6.15. The highest BCUT2D eigenvalue weighted by molar-refractivity contribution is 5.82. The van der Waals surface area contributed by atoms with Gasteiger partial charge in [0.15, 0.2) is 6.29 Å². The van der Waals surface area contributed by atoms with Gasteiger partial charge in [0.25, 0.3) is 0 Å². The normalized spacial score (nSPS) is 15.4. The van der Waals surface area contributed by atoms with Crippen LogP contribution in [0.3, 0.4) is 0 Å². The number of imidazole rings is 1. The Kier molecular flexibility index (Phi) is 3.00. The average Bonchev–Trinajstić information content (AvgIpc) is 2.63. The van der Waals surface area contributed by atoms with Crippen molar-refractivity contribution in [3.05, 3.63) is 17.2 Å². The van der Waals surface area contributed by atoms with Crippen molar-refractivity contribution in [3.63, 3.8) is 0 Å². The maximum absolute atomic E-state index is 12.2. The van der Waals surface area contributed by atoms with Crippen LogP contribution in [0.4, 0.5) is 0 Å². The summed E-state index contributed by atoms with van der Waals surface area (Å²) < 4.78 is 2.02. The fourth-order valence-electron chi connectivity index (χ4n) is 2.32. The van der Waals surface area contributed by atoms with Gasteiger partial charge < -0.3 is 9.47 Å². The summed E-state index contributed by atoms with van der Waals surface area (Å²) in [5.41, 5.74) is 0.920. The van der Waals surface area contributed by atoms with Gasteiger partial charge in [-0.05, 0) is 6.92 Å². The van der Waals surface area contributed by atoms with Crippen molar-refractivity contribution in [1.29, 1.82) is 0 Å². The van der Waals surface area contributed by atoms with E-state index in [2.05, 4.69) is 4.98 Å². The van der Waals surface area contributed by atoms with Gasteiger partial charge in [-0.2, -0.15) is 0 Å². The van der Waals surface area contributed by atoms with Crippen LogP contribution in [0.5, 0.6) is 0 Å². The molecule has 1 aliphatic heterocycles. The number of aromatic nitrogens is 2. The number of amides is 1. The van der Waals surface area contributed by atoms with Gasteiger partial charge in [0.2, 0.25) is 5.91 Å². The molecule has 5 heteroatoms. The summed E-state index contributed by atoms with van der Waals surface area (Å²) in [6, 6.07) is 0. The molecular weight excluding hydrogens is 230 g/mol. The molecule has 98 valence electrons. The van der Waals surface area contributed by atoms with Gasteiger partial charge in [-0.15, -0.1) is 0 Å². The summed E-state index contributed by atoms with van der Waals surface area (Å²) in [5.74, 6) is 0.958. The summed E-state index contributed by atoms with van der Waals surface area (Å²) in [4.78, 5) is 29.3. The van der Waals surface area contributed by atoms with Crippen LogP contribution < -0.4 is 0 Å². The zero-order valence-electron chi connectivity index (χ0n) is 11.4. The molecule has 0 aliphatic carbocycles. The third-order valence-corrected chi connectivity index (χ3v) is 3.27. The predicted octanol–water partition coefficient (Wildman–Crippen LogP) is 1.39. The second-order valence-corrected chi connectivity index (χ2v) is 5.74. The summed E-state index contributed by atoms with van der Waals surface area (Å²) in [5, 5.41) is 0. The quantitative estimate of drug-likeness (QED) is 0.707. The van der Waals surface area contributed by atoms with Crippen LogP contribution in [0.15, 0.2) is 0 Å². The third kappa shape index (κ3) is 2.05. The lowest BCUT2D eigenvalue weighted by molar-refractivity contribution is -0.141. The lowest BCUT2D eigenvalue weighted by Crippen LogP contribution is -2.44. The molecule has 1 amide bonds. The third-order valence-electron chi connectivity index (χ3n) is 3.27. The highest BCUT2D eigenvalue weighted by Gasteiger charge is 2.31. The molecule has 2 rings (SSSR count). The summed E-state index contributed by atoms with van der Waals surface area (Å²) in [6.07, 6.45) is 0.768. The van der Waals surface area contributed by atoms with Crippen molar-refractivity contribution in [1.82, 2.24) is 14.5 Å². The molecule has 1 aliphatic rings. The molecule has 0 bridgehead atoms. The number of hydrogen-bond acceptors (Lipinski definition) is 3. The number of carbonyl (C=O) groups excluding carboxylic acids is 2. The molecule has 0 radical (unpaired) electrons. The second-order valence-electron chi connectivity index (χ2n) is 5.74. The van der Waals surface area contributed by atoms with E-state index in [1.807, 2.05) is 37.2 Å². The van der Waals surface area contributed by atoms with Gasteiger partial charge in [-0.3, -0.25) is 9.59 Å². The number of carbonyl (C=O) groups is 2. The van der Waals surface area contributed by atoms with E-state index >= 15 is 0 Å². The maximum atomic E-state index is 12.2. The van der Waals surface area contributed by atoms with Crippen LogP contribution in [0.1, 0.15) is 42.8 Å². The second kappa shape index (κ2) is 4.23. The Morgan fingerprint density at radius 2 is 2.00 bits per heavy atom. The van der Waals surface area contributed by atoms with Crippen molar-refractivity contribution < 1.29 is 9.59 Å². The monoisotopic (exact) mass is 249 g/mol. The SMILES string of the molecule is Cc1nc(C=O)c2n1CCN(C(=O)C(C)(C)C)C2. The minimum Gasteiger partial charge on any atom is -0.335 e. The fraction of sp³-hybridized carbons (Fsp3) is 0.615. The number of nitrogens with zero attached hydrogens (tertiary/aromatic N) is 3. The van der Waals surface area contributed by atoms with Gasteiger partial charge in [0.05, 0.1) is 12.2 Å². The van der Waals surface area contributed by atoms with Crippen LogP contribution in [0, 0.1) is 12.3 Å². The Hall–Kier alpha value is -1.65. The lowest BCUT2D eigenvalue weighted by atomic mass is 9.94. The number of aryl methyl sites for hydroxylation is 1. The smallest absolute Gasteiger partial charge is 0.228 e. The van der Waals surface area contributed by atoms with Gasteiger partial charge in [0.1, 0.15) is 11.5 Å². The van der Waals surface area contributed by atoms with Gasteiger partial charge in [-0.1, -0.05) is 20.8 Å². The van der Waals surface area contributed by atoms with Crippen LogP contribution in [0.2, 0.25) is 0 Å². The molecule has 1 aromatic rings. The molecule has 0 saturated carbocycles. The molecule has 2 heterocycles. The lowest BCUT2D eigenvalue weighted by Gasteiger charge is -2.33. The Morgan fingerprint density at radius 3 is 2.56 bits per heavy atom. The first kappa shape index (κ1) is 12.8. The van der Waals surface area contributed by atoms with E-state index in [0.29, 0.717) is 25.3 Å². The number of rotatable bonds is 1. The van der Waals surface area contributed by atoms with E-state index < -0.39 is 5.41 Å². The molecule has 0 aromatic carbocycles. The standard InChI is InChI=1S/C13H19N3O2/c1-9-14-10(8-17)11-7-15(5-6-16(9)11)12(18)13(2,3)4/h8H,5-7H2,1-4H3. The molecule has 18 heavy (non-hydrogen) atoms. The Labute approximate surface area is 107 Å². The van der Waals surface area contributed by atoms with Crippen molar-refractivity contribution in [2.45, 2.75) is 40.8 Å². The maximum Gasteiger partial charge on any atom is 0.228 e. The van der Waals surface area contributed by atoms with E-state index in [1.165, 1.54) is 0 Å². The van der Waals surface area contributed by atoms with Crippen LogP contribution in [-0.4, -0.2) is 33.2 Å². The van der Waals surface area contributed by atoms with E-state index in [-0.39, 0.29) is 5.91 Å². The van der Waals surface area contributed by atoms with Crippen molar-refractivity contribution in [2.24, 2.45) is 5.41 Å². The van der Waals surface area contributed by atoms with Crippen LogP contribution >= 0.6 is 0 Å². The Bertz CT molecular complexity index is 497. The van der Waals surface area contributed by atoms with Crippen LogP contribution in [-0.2, 0) is 17.9 Å². The molecule has 0 spiro atoms. The summed E-state index contributed by atoms with van der Waals surface area (Å²) in [6.45, 7) is 9.48. The molecule has 0 saturated heterocycles. The Morgan fingerprint density at radius 1 is 1.33 bits per heavy atom. The first-order valence-electron chi connectivity index (χ1n) is 6.15. The minimum atomic E-state index is -0.390. The topological polar surface area (TPSA) is 55.2 Å². The molecule has 1 aromatic heterocycles. The Balaban J connectivity index is 2.30. The number of fused-ring (bicyclic) bond motifs is 1. The molecule has 0 N–H and O–H groups in total. The van der Waals surface area contributed by atoms with Crippen molar-refractivity contribution >= 4 is 12.2 Å². The van der Waals surface area contributed by atoms with Gasteiger partial charge >= 0.3 is 0 Å². The molecular formula is C13H19N3O2. The number of aldehydes is 1. The zero-order chi connectivity index (χ0) is 13.5. The minimum absolute atomic E-state index is 0.115. The molecule has 0 fully saturated rings. The summed E-state index contributed by atoms with van der Waals surface area (Å²) in [7, 11) is 0. The molecule has 0 atom stereocenters. The predicted molar refractivity (Wildman–Crippen MR) is 67.2 cm³/mol. The van der Waals surface area contributed by atoms with E-state index in [9.17, 15) is 9.59 Å². The fourth-order valence-corrected chi connectivity index (χ4v) is 2.32. The number of hydrogen-bond donors (Lipinski definition) is 0. The van der Waals surface area contributed by atoms with Crippen molar-refractivity contribution in [2.75, 3.05) is 6.54 Å². The van der Waals surface area contributed by atoms with E-state index in [1.54, 1.807) is 0 Å². The first-order chi connectivity index (χ1) is 8.34. The summed E-state index contributed by atoms with van der Waals surface area (Å²) >= 11 is 0. The van der Waals surface area contributed by atoms with E-state index in [0.717, 1.165) is 17.8 Å². The molecule has 0 unspecified atom stereocenters. The largest absolute Gasteiger partial charge is 0.335 e.